The molecule has 15 heteroatoms. The first-order valence-corrected chi connectivity index (χ1v) is 19.8. The molecule has 3 aliphatic rings. The Labute approximate surface area is 312 Å². The minimum absolute atomic E-state index is 0.0221. The fourth-order valence-corrected chi connectivity index (χ4v) is 8.59. The summed E-state index contributed by atoms with van der Waals surface area (Å²) in [7, 11) is -2.40. The Hall–Kier alpha value is -4.63. The summed E-state index contributed by atoms with van der Waals surface area (Å²) in [5.41, 5.74) is 4.62. The first-order valence-electron chi connectivity index (χ1n) is 18.3. The molecule has 0 radical (unpaired) electrons. The zero-order chi connectivity index (χ0) is 38.5. The van der Waals surface area contributed by atoms with E-state index < -0.39 is 39.8 Å². The summed E-state index contributed by atoms with van der Waals surface area (Å²) in [6.07, 6.45) is 3.17. The predicted molar refractivity (Wildman–Crippen MR) is 199 cm³/mol. The van der Waals surface area contributed by atoms with Gasteiger partial charge in [0, 0.05) is 35.1 Å². The average Bonchev–Trinajstić information content (AvgIpc) is 3.63. The van der Waals surface area contributed by atoms with Crippen LogP contribution in [0.5, 0.6) is 5.75 Å². The van der Waals surface area contributed by atoms with Gasteiger partial charge in [-0.15, -0.1) is 0 Å². The topological polar surface area (TPSA) is 125 Å². The molecule has 54 heavy (non-hydrogen) atoms. The zero-order valence-electron chi connectivity index (χ0n) is 30.7. The highest BCUT2D eigenvalue weighted by Gasteiger charge is 2.36. The Kier molecular flexibility index (Phi) is 10.2. The van der Waals surface area contributed by atoms with Gasteiger partial charge >= 0.3 is 6.18 Å². The highest BCUT2D eigenvalue weighted by atomic mass is 32.2. The number of hydrogen-bond acceptors (Lipinski definition) is 7. The van der Waals surface area contributed by atoms with Crippen LogP contribution < -0.4 is 9.46 Å². The lowest BCUT2D eigenvalue weighted by atomic mass is 9.81. The molecule has 2 aromatic heterocycles. The van der Waals surface area contributed by atoms with Gasteiger partial charge in [-0.05, 0) is 92.6 Å². The van der Waals surface area contributed by atoms with Crippen LogP contribution in [0.15, 0.2) is 42.6 Å². The number of benzene rings is 2. The molecule has 1 atom stereocenters. The van der Waals surface area contributed by atoms with Crippen molar-refractivity contribution in [2.24, 2.45) is 0 Å². The molecule has 2 fully saturated rings. The fraction of sp³-hybridized carbons (Fsp3) is 0.462. The van der Waals surface area contributed by atoms with Crippen molar-refractivity contribution in [3.05, 3.63) is 70.5 Å². The summed E-state index contributed by atoms with van der Waals surface area (Å²) in [5, 5.41) is 4.17. The van der Waals surface area contributed by atoms with Gasteiger partial charge in [-0.2, -0.15) is 18.3 Å². The number of fused-ring (bicyclic) bond motifs is 5. The van der Waals surface area contributed by atoms with Crippen LogP contribution in [0.25, 0.3) is 33.8 Å². The highest BCUT2D eigenvalue weighted by Crippen LogP contribution is 2.48. The maximum Gasteiger partial charge on any atom is 0.408 e. The molecule has 4 aromatic rings. The minimum atomic E-state index is -4.64. The molecule has 1 N–H and O–H groups in total. The van der Waals surface area contributed by atoms with Gasteiger partial charge in [-0.1, -0.05) is 25.3 Å². The number of allylic oxidation sites excluding steroid dienone is 1. The molecule has 288 valence electrons. The number of methoxy groups -OCH3 is 1. The number of amides is 2. The second-order valence-electron chi connectivity index (χ2n) is 14.7. The van der Waals surface area contributed by atoms with Crippen molar-refractivity contribution in [1.82, 2.24) is 24.0 Å². The highest BCUT2D eigenvalue weighted by molar-refractivity contribution is 7.90. The number of aromatic nitrogens is 3. The number of nitrogens with one attached hydrogen (secondary N) is 1. The molecule has 11 nitrogen and oxygen atoms in total. The smallest absolute Gasteiger partial charge is 0.408 e. The molecule has 2 amide bonds. The van der Waals surface area contributed by atoms with E-state index in [2.05, 4.69) is 9.82 Å². The van der Waals surface area contributed by atoms with Gasteiger partial charge in [0.2, 0.25) is 10.0 Å². The number of hydrogen-bond donors (Lipinski definition) is 1. The second kappa shape index (κ2) is 14.5. The summed E-state index contributed by atoms with van der Waals surface area (Å²) in [6, 6.07) is 10.7. The third kappa shape index (κ3) is 7.27. The lowest BCUT2D eigenvalue weighted by Gasteiger charge is -2.31. The van der Waals surface area contributed by atoms with Crippen LogP contribution in [-0.4, -0.2) is 83.8 Å². The molecule has 1 saturated carbocycles. The first-order chi connectivity index (χ1) is 25.6. The van der Waals surface area contributed by atoms with Crippen molar-refractivity contribution < 1.29 is 40.7 Å². The minimum Gasteiger partial charge on any atom is -0.497 e. The van der Waals surface area contributed by atoms with Crippen LogP contribution in [0.3, 0.4) is 0 Å². The van der Waals surface area contributed by atoms with E-state index in [-0.39, 0.29) is 48.5 Å². The fourth-order valence-electron chi connectivity index (χ4n) is 7.98. The molecule has 1 saturated heterocycles. The molecule has 1 aliphatic carbocycles. The molecule has 2 aromatic carbocycles. The number of ether oxygens (including phenoxy) is 2. The van der Waals surface area contributed by atoms with Crippen LogP contribution in [0.4, 0.5) is 13.2 Å². The van der Waals surface area contributed by atoms with Crippen molar-refractivity contribution in [3.63, 3.8) is 0 Å². The SMILES string of the molecule is COc1ccc2c(c1)C=C(c1c(C(=O)N3CCOC(C)C3)cnn1CC(F)(F)F)Cn1c-2c(C2CCCCC2)c2ccc(C(=O)NS(=O)(=O)C(C)C)cc21. The van der Waals surface area contributed by atoms with Crippen molar-refractivity contribution in [1.29, 1.82) is 0 Å². The van der Waals surface area contributed by atoms with E-state index in [1.54, 1.807) is 23.1 Å². The zero-order valence-corrected chi connectivity index (χ0v) is 31.5. The summed E-state index contributed by atoms with van der Waals surface area (Å²) < 4.78 is 84.2. The average molecular weight is 768 g/mol. The van der Waals surface area contributed by atoms with Crippen molar-refractivity contribution in [2.75, 3.05) is 26.8 Å². The summed E-state index contributed by atoms with van der Waals surface area (Å²) >= 11 is 0. The molecule has 4 heterocycles. The van der Waals surface area contributed by atoms with E-state index >= 15 is 0 Å². The maximum atomic E-state index is 14.2. The Morgan fingerprint density at radius 3 is 2.52 bits per heavy atom. The number of morpholine rings is 1. The Morgan fingerprint density at radius 2 is 1.83 bits per heavy atom. The van der Waals surface area contributed by atoms with Gasteiger partial charge in [0.1, 0.15) is 12.3 Å². The molecule has 0 bridgehead atoms. The summed E-state index contributed by atoms with van der Waals surface area (Å²) in [4.78, 5) is 29.2. The van der Waals surface area contributed by atoms with E-state index in [0.717, 1.165) is 59.0 Å². The van der Waals surface area contributed by atoms with E-state index in [4.69, 9.17) is 9.47 Å². The monoisotopic (exact) mass is 767 g/mol. The molecule has 2 aliphatic heterocycles. The number of sulfonamides is 1. The van der Waals surface area contributed by atoms with Crippen LogP contribution in [0, 0.1) is 0 Å². The Balaban J connectivity index is 1.48. The normalized spacial score (nSPS) is 18.3. The molecular weight excluding hydrogens is 724 g/mol. The summed E-state index contributed by atoms with van der Waals surface area (Å²) in [5.74, 6) is -0.534. The van der Waals surface area contributed by atoms with Gasteiger partial charge in [-0.25, -0.2) is 13.1 Å². The van der Waals surface area contributed by atoms with Gasteiger partial charge in [0.15, 0.2) is 0 Å². The second-order valence-corrected chi connectivity index (χ2v) is 16.9. The predicted octanol–water partition coefficient (Wildman–Crippen LogP) is 7.01. The van der Waals surface area contributed by atoms with Crippen LogP contribution in [0.1, 0.15) is 96.3 Å². The van der Waals surface area contributed by atoms with E-state index in [9.17, 15) is 31.2 Å². The molecule has 7 rings (SSSR count). The van der Waals surface area contributed by atoms with E-state index in [0.29, 0.717) is 29.0 Å². The lowest BCUT2D eigenvalue weighted by Crippen LogP contribution is -2.44. The quantitative estimate of drug-likeness (QED) is 0.205. The van der Waals surface area contributed by atoms with E-state index in [1.165, 1.54) is 27.2 Å². The van der Waals surface area contributed by atoms with Crippen LogP contribution in [0.2, 0.25) is 0 Å². The number of carbonyl (C=O) groups excluding carboxylic acids is 2. The maximum absolute atomic E-state index is 14.2. The van der Waals surface area contributed by atoms with Crippen LogP contribution in [-0.2, 0) is 27.8 Å². The van der Waals surface area contributed by atoms with Gasteiger partial charge in [0.05, 0.1) is 54.8 Å². The Bertz CT molecular complexity index is 2250. The lowest BCUT2D eigenvalue weighted by molar-refractivity contribution is -0.142. The summed E-state index contributed by atoms with van der Waals surface area (Å²) in [6.45, 7) is 4.24. The third-order valence-electron chi connectivity index (χ3n) is 10.6. The number of nitrogens with zero attached hydrogens (tertiary/aromatic N) is 4. The van der Waals surface area contributed by atoms with Crippen molar-refractivity contribution in [2.45, 2.75) is 89.4 Å². The standard InChI is InChI=1S/C39H44F3N5O6S/c1-23(2)54(50,51)44-37(48)26-10-12-31-33(18-26)46-21-28(16-27-17-29(52-4)11-13-30(27)36(46)34(31)25-8-6-5-7-9-25)35-32(19-43-47(35)22-39(40,41)42)38(49)45-14-15-53-24(3)20-45/h10-13,16-19,23-25H,5-9,14-15,20-22H2,1-4H3,(H,44,48). The number of carbonyl (C=O) groups is 2. The van der Waals surface area contributed by atoms with E-state index in [1.807, 2.05) is 35.8 Å². The largest absolute Gasteiger partial charge is 0.497 e. The van der Waals surface area contributed by atoms with Crippen molar-refractivity contribution in [3.8, 4) is 17.0 Å². The molecular formula is C39H44F3N5O6S. The third-order valence-corrected chi connectivity index (χ3v) is 12.3. The first kappa shape index (κ1) is 37.7. The number of alkyl halides is 3. The molecule has 1 unspecified atom stereocenters. The number of rotatable bonds is 8. The van der Waals surface area contributed by atoms with Gasteiger partial charge in [0.25, 0.3) is 11.8 Å². The molecule has 0 spiro atoms. The van der Waals surface area contributed by atoms with Gasteiger partial charge < -0.3 is 18.9 Å². The number of halogens is 3. The van der Waals surface area contributed by atoms with Crippen LogP contribution >= 0.6 is 0 Å². The Morgan fingerprint density at radius 1 is 1.07 bits per heavy atom. The van der Waals surface area contributed by atoms with Crippen molar-refractivity contribution >= 4 is 44.4 Å². The van der Waals surface area contributed by atoms with Gasteiger partial charge in [-0.3, -0.25) is 14.3 Å².